The Balaban J connectivity index is 1.69. The number of benzene rings is 1. The maximum absolute atomic E-state index is 13.5. The Morgan fingerprint density at radius 3 is 2.40 bits per heavy atom. The Kier molecular flexibility index (Phi) is 5.81. The minimum atomic E-state index is -0.692. The molecular weight excluding hydrogens is 378 g/mol. The van der Waals surface area contributed by atoms with Crippen LogP contribution in [0.25, 0.3) is 5.57 Å². The Labute approximate surface area is 178 Å². The number of amides is 1. The highest BCUT2D eigenvalue weighted by Gasteiger charge is 2.58. The van der Waals surface area contributed by atoms with Crippen LogP contribution in [0.5, 0.6) is 0 Å². The lowest BCUT2D eigenvalue weighted by Crippen LogP contribution is -2.44. The topological polar surface area (TPSA) is 72.5 Å². The van der Waals surface area contributed by atoms with Gasteiger partial charge in [-0.3, -0.25) is 9.59 Å². The van der Waals surface area contributed by atoms with Crippen LogP contribution in [0.2, 0.25) is 0 Å². The van der Waals surface area contributed by atoms with Crippen molar-refractivity contribution in [3.05, 3.63) is 41.5 Å². The van der Waals surface area contributed by atoms with E-state index in [-0.39, 0.29) is 29.6 Å². The molecule has 5 nitrogen and oxygen atoms in total. The van der Waals surface area contributed by atoms with Gasteiger partial charge in [-0.1, -0.05) is 43.7 Å². The molecule has 0 heterocycles. The van der Waals surface area contributed by atoms with E-state index in [9.17, 15) is 14.4 Å². The summed E-state index contributed by atoms with van der Waals surface area (Å²) in [6.07, 6.45) is 4.21. The molecule has 3 aliphatic rings. The molecule has 5 atom stereocenters. The number of esters is 1. The number of fused-ring (bicyclic) bond motifs is 5. The summed E-state index contributed by atoms with van der Waals surface area (Å²) in [5.74, 6) is 0.103. The van der Waals surface area contributed by atoms with E-state index < -0.39 is 12.0 Å². The van der Waals surface area contributed by atoms with Gasteiger partial charge in [0.15, 0.2) is 5.78 Å². The van der Waals surface area contributed by atoms with Gasteiger partial charge in [0.2, 0.25) is 5.91 Å². The molecule has 2 saturated carbocycles. The smallest absolute Gasteiger partial charge is 0.328 e. The van der Waals surface area contributed by atoms with E-state index >= 15 is 0 Å². The maximum atomic E-state index is 13.5. The fourth-order valence-electron chi connectivity index (χ4n) is 5.81. The average Bonchev–Trinajstić information content (AvgIpc) is 3.40. The first kappa shape index (κ1) is 20.8. The number of hydrogen-bond acceptors (Lipinski definition) is 4. The molecule has 1 N–H and O–H groups in total. The van der Waals surface area contributed by atoms with Crippen molar-refractivity contribution in [3.8, 4) is 0 Å². The van der Waals surface area contributed by atoms with E-state index in [0.717, 1.165) is 31.2 Å². The van der Waals surface area contributed by atoms with E-state index in [0.29, 0.717) is 29.4 Å². The number of hydrogen-bond donors (Lipinski definition) is 1. The van der Waals surface area contributed by atoms with Crippen LogP contribution in [0.4, 0.5) is 0 Å². The van der Waals surface area contributed by atoms with E-state index in [1.54, 1.807) is 13.8 Å². The van der Waals surface area contributed by atoms with Crippen molar-refractivity contribution in [3.63, 3.8) is 0 Å². The van der Waals surface area contributed by atoms with Crippen molar-refractivity contribution < 1.29 is 19.1 Å². The third-order valence-corrected chi connectivity index (χ3v) is 6.89. The second-order valence-electron chi connectivity index (χ2n) is 9.20. The summed E-state index contributed by atoms with van der Waals surface area (Å²) in [5, 5.41) is 2.93. The van der Waals surface area contributed by atoms with Crippen molar-refractivity contribution in [1.29, 1.82) is 0 Å². The first-order valence-corrected chi connectivity index (χ1v) is 11.3. The number of rotatable bonds is 7. The van der Waals surface area contributed by atoms with Crippen molar-refractivity contribution >= 4 is 23.2 Å². The fourth-order valence-corrected chi connectivity index (χ4v) is 5.81. The molecule has 1 aromatic rings. The van der Waals surface area contributed by atoms with Crippen LogP contribution in [0.15, 0.2) is 35.9 Å². The molecule has 0 saturated heterocycles. The largest absolute Gasteiger partial charge is 0.461 e. The lowest BCUT2D eigenvalue weighted by atomic mass is 9.78. The van der Waals surface area contributed by atoms with Gasteiger partial charge in [-0.25, -0.2) is 4.79 Å². The van der Waals surface area contributed by atoms with E-state index in [1.807, 2.05) is 37.3 Å². The summed E-state index contributed by atoms with van der Waals surface area (Å²) in [5.41, 5.74) is 1.97. The zero-order valence-electron chi connectivity index (χ0n) is 18.0. The number of carbonyl (C=O) groups excluding carboxylic acids is 3. The van der Waals surface area contributed by atoms with Gasteiger partial charge in [0.05, 0.1) is 6.10 Å². The molecule has 160 valence electrons. The quantitative estimate of drug-likeness (QED) is 0.693. The molecule has 5 heteroatoms. The third kappa shape index (κ3) is 3.59. The Morgan fingerprint density at radius 2 is 1.77 bits per heavy atom. The number of nitrogens with one attached hydrogen (secondary N) is 1. The summed E-state index contributed by atoms with van der Waals surface area (Å²) >= 11 is 0. The van der Waals surface area contributed by atoms with Gasteiger partial charge in [0.1, 0.15) is 6.04 Å². The highest BCUT2D eigenvalue weighted by atomic mass is 16.5. The van der Waals surface area contributed by atoms with Crippen molar-refractivity contribution in [1.82, 2.24) is 5.32 Å². The molecule has 0 spiro atoms. The molecule has 0 unspecified atom stereocenters. The van der Waals surface area contributed by atoms with Crippen LogP contribution >= 0.6 is 0 Å². The lowest BCUT2D eigenvalue weighted by molar-refractivity contribution is -0.151. The molecule has 3 aliphatic carbocycles. The summed E-state index contributed by atoms with van der Waals surface area (Å²) in [7, 11) is 0. The highest BCUT2D eigenvalue weighted by molar-refractivity contribution is 6.31. The van der Waals surface area contributed by atoms with Gasteiger partial charge in [-0.15, -0.1) is 0 Å². The fraction of sp³-hybridized carbons (Fsp3) is 0.560. The minimum absolute atomic E-state index is 0.0187. The normalized spacial score (nSPS) is 28.1. The molecule has 0 aromatic heterocycles. The number of ketones is 1. The van der Waals surface area contributed by atoms with Gasteiger partial charge in [0, 0.05) is 23.0 Å². The number of allylic oxidation sites excluding steroid dienone is 1. The zero-order chi connectivity index (χ0) is 21.4. The molecule has 2 bridgehead atoms. The van der Waals surface area contributed by atoms with E-state index in [4.69, 9.17) is 4.74 Å². The molecule has 4 rings (SSSR count). The predicted molar refractivity (Wildman–Crippen MR) is 114 cm³/mol. The maximum Gasteiger partial charge on any atom is 0.328 e. The molecule has 0 aliphatic heterocycles. The first-order chi connectivity index (χ1) is 14.4. The van der Waals surface area contributed by atoms with Gasteiger partial charge in [-0.2, -0.15) is 0 Å². The summed E-state index contributed by atoms with van der Waals surface area (Å²) in [6.45, 7) is 5.57. The Morgan fingerprint density at radius 1 is 1.10 bits per heavy atom. The molecule has 0 radical (unpaired) electrons. The third-order valence-electron chi connectivity index (χ3n) is 6.89. The van der Waals surface area contributed by atoms with Gasteiger partial charge in [0.25, 0.3) is 0 Å². The second kappa shape index (κ2) is 8.37. The lowest BCUT2D eigenvalue weighted by Gasteiger charge is -2.26. The van der Waals surface area contributed by atoms with Crippen LogP contribution < -0.4 is 5.32 Å². The van der Waals surface area contributed by atoms with Crippen molar-refractivity contribution in [2.24, 2.45) is 23.7 Å². The number of carbonyl (C=O) groups is 3. The van der Waals surface area contributed by atoms with Crippen molar-refractivity contribution in [2.45, 2.75) is 65.0 Å². The van der Waals surface area contributed by atoms with Crippen LogP contribution in [0, 0.1) is 23.7 Å². The Bertz CT molecular complexity index is 872. The number of Topliss-reactive ketones (excluding diaryl/α,β-unsaturated/α-hetero) is 1. The van der Waals surface area contributed by atoms with Crippen LogP contribution in [0.3, 0.4) is 0 Å². The van der Waals surface area contributed by atoms with Gasteiger partial charge in [-0.05, 0) is 56.9 Å². The van der Waals surface area contributed by atoms with Crippen LogP contribution in [-0.4, -0.2) is 29.8 Å². The monoisotopic (exact) mass is 409 g/mol. The average molecular weight is 410 g/mol. The first-order valence-electron chi connectivity index (χ1n) is 11.3. The standard InChI is InChI=1S/C25H31NO4/c1-4-8-18(25(29)30-14(2)3)26-24(28)22-19-16-11-12-17(13-16)21(19)23(27)20(22)15-9-6-5-7-10-15/h5-7,9-10,14,16-19,21H,4,8,11-13H2,1-3H3,(H,26,28)/t16-,17+,18+,19+,21-/m1/s1. The van der Waals surface area contributed by atoms with Crippen molar-refractivity contribution in [2.75, 3.05) is 0 Å². The van der Waals surface area contributed by atoms with Crippen LogP contribution in [0.1, 0.15) is 58.4 Å². The SMILES string of the molecule is CCC[C@H](NC(=O)C1=C(c2ccccc2)C(=O)[C@@H]2[C@H]3CC[C@H](C3)[C@H]12)C(=O)OC(C)C. The molecular formula is C25H31NO4. The highest BCUT2D eigenvalue weighted by Crippen LogP contribution is 2.60. The van der Waals surface area contributed by atoms with Crippen LogP contribution in [-0.2, 0) is 19.1 Å². The molecule has 30 heavy (non-hydrogen) atoms. The molecule has 2 fully saturated rings. The zero-order valence-corrected chi connectivity index (χ0v) is 18.0. The number of ether oxygens (including phenoxy) is 1. The summed E-state index contributed by atoms with van der Waals surface area (Å²) < 4.78 is 5.36. The minimum Gasteiger partial charge on any atom is -0.461 e. The van der Waals surface area contributed by atoms with Gasteiger partial charge >= 0.3 is 5.97 Å². The predicted octanol–water partition coefficient (Wildman–Crippen LogP) is 3.92. The van der Waals surface area contributed by atoms with E-state index in [2.05, 4.69) is 5.32 Å². The van der Waals surface area contributed by atoms with Gasteiger partial charge < -0.3 is 10.1 Å². The van der Waals surface area contributed by atoms with E-state index in [1.165, 1.54) is 0 Å². The second-order valence-corrected chi connectivity index (χ2v) is 9.20. The molecule has 1 aromatic carbocycles. The molecule has 1 amide bonds. The summed E-state index contributed by atoms with van der Waals surface area (Å²) in [6, 6.07) is 8.82. The summed E-state index contributed by atoms with van der Waals surface area (Å²) in [4.78, 5) is 39.5. The Hall–Kier alpha value is -2.43.